The van der Waals surface area contributed by atoms with Gasteiger partial charge in [-0.05, 0) is 25.7 Å². The summed E-state index contributed by atoms with van der Waals surface area (Å²) in [6, 6.07) is -0.810. The highest BCUT2D eigenvalue weighted by atomic mass is 16.7. The number of carbonyl (C=O) groups excluding carboxylic acids is 1. The van der Waals surface area contributed by atoms with Gasteiger partial charge in [-0.2, -0.15) is 0 Å². The molecule has 45 heavy (non-hydrogen) atoms. The highest BCUT2D eigenvalue weighted by Crippen LogP contribution is 2.53. The Morgan fingerprint density at radius 3 is 2.16 bits per heavy atom. The third-order valence-corrected chi connectivity index (χ3v) is 9.71. The number of carboxylic acid groups (broad SMARTS) is 2. The first-order valence-electron chi connectivity index (χ1n) is 15.1. The molecular weight excluding hydrogens is 604 g/mol. The maximum absolute atomic E-state index is 12.2. The molecule has 1 saturated carbocycles. The van der Waals surface area contributed by atoms with Gasteiger partial charge < -0.3 is 70.1 Å². The van der Waals surface area contributed by atoms with E-state index in [0.717, 1.165) is 0 Å². The zero-order valence-electron chi connectivity index (χ0n) is 25.6. The Bertz CT molecular complexity index is 1070. The Balaban J connectivity index is 1.41. The summed E-state index contributed by atoms with van der Waals surface area (Å²) in [5.41, 5.74) is 6.31. The number of rotatable bonds is 12. The number of aliphatic carboxylic acids is 2. The predicted molar refractivity (Wildman–Crippen MR) is 148 cm³/mol. The van der Waals surface area contributed by atoms with Crippen LogP contribution in [0.25, 0.3) is 0 Å². The van der Waals surface area contributed by atoms with Crippen molar-refractivity contribution < 1.29 is 73.4 Å². The summed E-state index contributed by atoms with van der Waals surface area (Å²) in [4.78, 5) is 35.9. The van der Waals surface area contributed by atoms with Gasteiger partial charge in [-0.3, -0.25) is 4.79 Å². The zero-order chi connectivity index (χ0) is 33.4. The number of fused-ring (bicyclic) bond motifs is 2. The van der Waals surface area contributed by atoms with Gasteiger partial charge in [0.05, 0.1) is 44.0 Å². The number of carbonyl (C=O) groups is 3. The maximum atomic E-state index is 12.2. The van der Waals surface area contributed by atoms with E-state index < -0.39 is 97.1 Å². The molecule has 16 atom stereocenters. The Hall–Kier alpha value is -2.03. The first-order valence-corrected chi connectivity index (χ1v) is 15.1. The van der Waals surface area contributed by atoms with Crippen LogP contribution in [0.2, 0.25) is 0 Å². The molecule has 3 aliphatic heterocycles. The van der Waals surface area contributed by atoms with Crippen LogP contribution in [0.3, 0.4) is 0 Å². The molecule has 0 aromatic rings. The predicted octanol–water partition coefficient (Wildman–Crippen LogP) is -3.00. The molecule has 1 aliphatic carbocycles. The van der Waals surface area contributed by atoms with Crippen LogP contribution in [0.4, 0.5) is 0 Å². The number of amides is 1. The standard InChI is InChI=1S/C28H46N2O15/c1-5-12-18(29)10(2)43-16(19(12)30-11(3)31)8-41-7-13-20(32)22(34)17(44-23(13)25(35)36)9-42-28(39)14-6-15(28)24(26(37)38)45-27(40-4)21(14)33/h10,12-24,27,32-34,39H,5-9,29H2,1-4H3,(H,30,31)(H,35,36)(H,37,38). The fraction of sp³-hybridized carbons (Fsp3) is 0.893. The highest BCUT2D eigenvalue weighted by Gasteiger charge is 2.67. The molecule has 4 aliphatic rings. The van der Waals surface area contributed by atoms with Crippen LogP contribution >= 0.6 is 0 Å². The molecule has 16 unspecified atom stereocenters. The number of carboxylic acids is 2. The molecule has 1 amide bonds. The summed E-state index contributed by atoms with van der Waals surface area (Å²) in [7, 11) is 1.20. The van der Waals surface area contributed by atoms with E-state index in [1.165, 1.54) is 14.0 Å². The van der Waals surface area contributed by atoms with E-state index in [1.807, 2.05) is 13.8 Å². The molecule has 0 aromatic carbocycles. The first-order chi connectivity index (χ1) is 21.2. The summed E-state index contributed by atoms with van der Waals surface area (Å²) in [6.07, 6.45) is -11.2. The lowest BCUT2D eigenvalue weighted by atomic mass is 9.64. The van der Waals surface area contributed by atoms with Gasteiger partial charge in [0.2, 0.25) is 5.91 Å². The lowest BCUT2D eigenvalue weighted by Gasteiger charge is -2.52. The minimum Gasteiger partial charge on any atom is -0.479 e. The van der Waals surface area contributed by atoms with Gasteiger partial charge in [0.1, 0.15) is 24.4 Å². The zero-order valence-corrected chi connectivity index (χ0v) is 25.6. The molecule has 3 saturated heterocycles. The van der Waals surface area contributed by atoms with E-state index in [1.54, 1.807) is 0 Å². The maximum Gasteiger partial charge on any atom is 0.333 e. The van der Waals surface area contributed by atoms with Crippen molar-refractivity contribution in [1.82, 2.24) is 5.32 Å². The van der Waals surface area contributed by atoms with Crippen LogP contribution in [-0.4, -0.2) is 148 Å². The molecule has 3 heterocycles. The number of nitrogens with one attached hydrogen (secondary N) is 1. The molecule has 4 rings (SSSR count). The van der Waals surface area contributed by atoms with Crippen molar-refractivity contribution in [3.63, 3.8) is 0 Å². The molecular formula is C28H46N2O15. The van der Waals surface area contributed by atoms with Crippen molar-refractivity contribution in [2.75, 3.05) is 26.9 Å². The van der Waals surface area contributed by atoms with Crippen molar-refractivity contribution in [1.29, 1.82) is 0 Å². The number of ether oxygens (including phenoxy) is 6. The Morgan fingerprint density at radius 1 is 0.911 bits per heavy atom. The quantitative estimate of drug-likeness (QED) is 0.0978. The summed E-state index contributed by atoms with van der Waals surface area (Å²) in [5.74, 6) is -8.88. The second kappa shape index (κ2) is 14.4. The van der Waals surface area contributed by atoms with Crippen LogP contribution in [-0.2, 0) is 42.8 Å². The Labute approximate surface area is 259 Å². The average Bonchev–Trinajstić information content (AvgIpc) is 3.19. The minimum absolute atomic E-state index is 0.0274. The number of nitrogens with two attached hydrogens (primary N) is 1. The van der Waals surface area contributed by atoms with Gasteiger partial charge >= 0.3 is 11.9 Å². The van der Waals surface area contributed by atoms with E-state index in [4.69, 9.17) is 34.2 Å². The topological polar surface area (TPSA) is 266 Å². The molecule has 9 N–H and O–H groups in total. The van der Waals surface area contributed by atoms with Crippen LogP contribution in [0.15, 0.2) is 0 Å². The van der Waals surface area contributed by atoms with Gasteiger partial charge in [-0.15, -0.1) is 0 Å². The molecule has 17 nitrogen and oxygen atoms in total. The lowest BCUT2D eigenvalue weighted by Crippen LogP contribution is -2.66. The van der Waals surface area contributed by atoms with Gasteiger partial charge in [0, 0.05) is 31.9 Å². The molecule has 17 heteroatoms. The fourth-order valence-electron chi connectivity index (χ4n) is 7.14. The molecule has 258 valence electrons. The number of aliphatic hydroxyl groups excluding tert-OH is 3. The number of methoxy groups -OCH3 is 1. The van der Waals surface area contributed by atoms with Crippen molar-refractivity contribution in [3.05, 3.63) is 0 Å². The molecule has 0 spiro atoms. The van der Waals surface area contributed by atoms with Crippen LogP contribution in [0, 0.1) is 23.7 Å². The van der Waals surface area contributed by atoms with Crippen molar-refractivity contribution >= 4 is 17.8 Å². The average molecular weight is 651 g/mol. The SMILES string of the molecule is CCC1C(N)C(C)OC(COCC2C(C(=O)O)OC(COC3(O)C4CC3C(O)C(OC)OC4C(=O)O)C(O)C2O)C1NC(C)=O. The van der Waals surface area contributed by atoms with Gasteiger partial charge in [0.25, 0.3) is 0 Å². The van der Waals surface area contributed by atoms with Crippen LogP contribution in [0.1, 0.15) is 33.6 Å². The Morgan fingerprint density at radius 2 is 1.58 bits per heavy atom. The van der Waals surface area contributed by atoms with Crippen LogP contribution < -0.4 is 11.1 Å². The van der Waals surface area contributed by atoms with E-state index >= 15 is 0 Å². The summed E-state index contributed by atoms with van der Waals surface area (Å²) < 4.78 is 33.4. The van der Waals surface area contributed by atoms with Gasteiger partial charge in [-0.25, -0.2) is 9.59 Å². The minimum atomic E-state index is -2.23. The summed E-state index contributed by atoms with van der Waals surface area (Å²) >= 11 is 0. The normalized spacial score (nSPS) is 46.5. The highest BCUT2D eigenvalue weighted by molar-refractivity contribution is 5.74. The van der Waals surface area contributed by atoms with Crippen molar-refractivity contribution in [3.8, 4) is 0 Å². The second-order valence-corrected chi connectivity index (χ2v) is 12.4. The van der Waals surface area contributed by atoms with Gasteiger partial charge in [0.15, 0.2) is 24.3 Å². The lowest BCUT2D eigenvalue weighted by molar-refractivity contribution is -0.350. The number of hydrogen-bond acceptors (Lipinski definition) is 14. The third-order valence-electron chi connectivity index (χ3n) is 9.71. The number of hydrogen-bond donors (Lipinski definition) is 8. The third kappa shape index (κ3) is 6.99. The molecule has 4 fully saturated rings. The smallest absolute Gasteiger partial charge is 0.333 e. The van der Waals surface area contributed by atoms with Gasteiger partial charge in [-0.1, -0.05) is 6.92 Å². The van der Waals surface area contributed by atoms with Crippen LogP contribution in [0.5, 0.6) is 0 Å². The number of aliphatic hydroxyl groups is 4. The van der Waals surface area contributed by atoms with Crippen molar-refractivity contribution in [2.24, 2.45) is 29.4 Å². The monoisotopic (exact) mass is 650 g/mol. The van der Waals surface area contributed by atoms with E-state index in [9.17, 15) is 45.0 Å². The summed E-state index contributed by atoms with van der Waals surface area (Å²) in [6.45, 7) is 4.03. The van der Waals surface area contributed by atoms with E-state index in [2.05, 4.69) is 5.32 Å². The molecule has 0 aromatic heterocycles. The van der Waals surface area contributed by atoms with E-state index in [-0.39, 0.29) is 43.6 Å². The molecule has 2 bridgehead atoms. The Kier molecular flexibility index (Phi) is 11.5. The second-order valence-electron chi connectivity index (χ2n) is 12.4. The molecule has 0 radical (unpaired) electrons. The largest absolute Gasteiger partial charge is 0.479 e. The first kappa shape index (κ1) is 35.8. The fourth-order valence-corrected chi connectivity index (χ4v) is 7.14. The summed E-state index contributed by atoms with van der Waals surface area (Å²) in [5, 5.41) is 66.2. The van der Waals surface area contributed by atoms with Crippen molar-refractivity contribution in [2.45, 2.75) is 107 Å². The van der Waals surface area contributed by atoms with E-state index in [0.29, 0.717) is 6.42 Å².